The number of alkyl halides is 1. The number of fused-ring (bicyclic) bond motifs is 1. The van der Waals surface area contributed by atoms with Gasteiger partial charge in [-0.3, -0.25) is 9.18 Å². The number of halogens is 1. The average molecular weight is 362 g/mol. The Bertz CT molecular complexity index is 886. The van der Waals surface area contributed by atoms with Crippen molar-refractivity contribution >= 4 is 40.9 Å². The first-order valence-electron chi connectivity index (χ1n) is 7.51. The molecular weight excluding hydrogens is 347 g/mol. The molecule has 0 aliphatic heterocycles. The Hall–Kier alpha value is -2.58. The maximum absolute atomic E-state index is 12.6. The third kappa shape index (κ3) is 4.28. The molecule has 130 valence electrons. The highest BCUT2D eigenvalue weighted by Gasteiger charge is 2.10. The normalized spacial score (nSPS) is 12.7. The smallest absolute Gasteiger partial charge is 0.220 e. The van der Waals surface area contributed by atoms with Gasteiger partial charge in [-0.2, -0.15) is 0 Å². The molecule has 2 heterocycles. The molecule has 0 bridgehead atoms. The number of hydrogen-bond acceptors (Lipinski definition) is 7. The van der Waals surface area contributed by atoms with Gasteiger partial charge in [0.1, 0.15) is 11.3 Å². The molecule has 0 aliphatic carbocycles. The molecule has 3 rings (SSSR count). The Kier molecular flexibility index (Phi) is 5.52. The van der Waals surface area contributed by atoms with Crippen LogP contribution in [0.2, 0.25) is 0 Å². The molecule has 0 amide bonds. The van der Waals surface area contributed by atoms with E-state index in [1.165, 1.54) is 11.3 Å². The van der Waals surface area contributed by atoms with Gasteiger partial charge >= 0.3 is 0 Å². The van der Waals surface area contributed by atoms with Crippen LogP contribution in [-0.4, -0.2) is 41.2 Å². The molecule has 1 N–H and O–H groups in total. The van der Waals surface area contributed by atoms with Crippen LogP contribution in [0.3, 0.4) is 0 Å². The van der Waals surface area contributed by atoms with Crippen LogP contribution < -0.4 is 4.74 Å². The van der Waals surface area contributed by atoms with Gasteiger partial charge in [-0.25, -0.2) is 9.97 Å². The minimum atomic E-state index is -0.639. The van der Waals surface area contributed by atoms with E-state index < -0.39 is 12.6 Å². The van der Waals surface area contributed by atoms with Crippen LogP contribution in [0, 0.1) is 5.92 Å². The second kappa shape index (κ2) is 8.00. The fraction of sp³-hybridized carbons (Fsp3) is 0.235. The van der Waals surface area contributed by atoms with Gasteiger partial charge in [0.2, 0.25) is 5.89 Å². The van der Waals surface area contributed by atoms with E-state index in [9.17, 15) is 9.18 Å². The molecule has 8 heteroatoms. The average Bonchev–Trinajstić information content (AvgIpc) is 3.26. The van der Waals surface area contributed by atoms with Crippen molar-refractivity contribution in [2.75, 3.05) is 19.9 Å². The quantitative estimate of drug-likeness (QED) is 0.619. The van der Waals surface area contributed by atoms with E-state index >= 15 is 0 Å². The molecule has 1 unspecified atom stereocenters. The van der Waals surface area contributed by atoms with E-state index in [1.807, 2.05) is 0 Å². The van der Waals surface area contributed by atoms with Crippen molar-refractivity contribution in [3.63, 3.8) is 0 Å². The maximum atomic E-state index is 12.6. The number of carbonyl (C=O) groups excluding carboxylic acids is 1. The number of carbonyl (C=O) groups is 1. The maximum Gasteiger partial charge on any atom is 0.220 e. The number of aldehydes is 1. The van der Waals surface area contributed by atoms with E-state index in [1.54, 1.807) is 36.5 Å². The standard InChI is InChI=1S/C17H15FN2O4S/c18-6-11(8-21)10-23-12-1-3-14-15(5-12)24-16(20-14)4-2-13-7-19-17(9-22)25-13/h1-5,7,9,11,21H,6,8,10H2/b4-2+. The highest BCUT2D eigenvalue weighted by Crippen LogP contribution is 2.23. The summed E-state index contributed by atoms with van der Waals surface area (Å²) < 4.78 is 23.7. The summed E-state index contributed by atoms with van der Waals surface area (Å²) >= 11 is 1.27. The Morgan fingerprint density at radius 2 is 2.28 bits per heavy atom. The summed E-state index contributed by atoms with van der Waals surface area (Å²) in [4.78, 5) is 19.7. The van der Waals surface area contributed by atoms with E-state index in [0.29, 0.717) is 34.0 Å². The van der Waals surface area contributed by atoms with Crippen molar-refractivity contribution in [3.05, 3.63) is 40.2 Å². The zero-order chi connectivity index (χ0) is 17.6. The van der Waals surface area contributed by atoms with Crippen LogP contribution in [0.1, 0.15) is 20.6 Å². The summed E-state index contributed by atoms with van der Waals surface area (Å²) in [6.45, 7) is -0.817. The number of oxazole rings is 1. The third-order valence-electron chi connectivity index (χ3n) is 3.37. The van der Waals surface area contributed by atoms with Gasteiger partial charge in [0, 0.05) is 29.1 Å². The molecular formula is C17H15FN2O4S. The van der Waals surface area contributed by atoms with Crippen LogP contribution >= 0.6 is 11.3 Å². The molecule has 0 saturated carbocycles. The molecule has 25 heavy (non-hydrogen) atoms. The predicted octanol–water partition coefficient (Wildman–Crippen LogP) is 3.22. The molecule has 0 spiro atoms. The van der Waals surface area contributed by atoms with E-state index in [4.69, 9.17) is 14.3 Å². The van der Waals surface area contributed by atoms with Crippen LogP contribution in [0.15, 0.2) is 28.8 Å². The molecule has 1 atom stereocenters. The monoisotopic (exact) mass is 362 g/mol. The molecule has 1 aromatic carbocycles. The van der Waals surface area contributed by atoms with Crippen LogP contribution in [0.25, 0.3) is 23.3 Å². The first-order chi connectivity index (χ1) is 12.2. The van der Waals surface area contributed by atoms with E-state index in [2.05, 4.69) is 9.97 Å². The zero-order valence-corrected chi connectivity index (χ0v) is 13.9. The van der Waals surface area contributed by atoms with Crippen LogP contribution in [-0.2, 0) is 0 Å². The summed E-state index contributed by atoms with van der Waals surface area (Å²) in [5.74, 6) is 0.383. The Labute approximate surface area is 146 Å². The second-order valence-corrected chi connectivity index (χ2v) is 6.34. The number of ether oxygens (including phenoxy) is 1. The fourth-order valence-corrected chi connectivity index (χ4v) is 2.67. The minimum absolute atomic E-state index is 0.0871. The summed E-state index contributed by atoms with van der Waals surface area (Å²) in [7, 11) is 0. The first-order valence-corrected chi connectivity index (χ1v) is 8.32. The number of rotatable bonds is 8. The van der Waals surface area contributed by atoms with Crippen molar-refractivity contribution < 1.29 is 23.4 Å². The Morgan fingerprint density at radius 3 is 3.00 bits per heavy atom. The van der Waals surface area contributed by atoms with Crippen molar-refractivity contribution in [1.29, 1.82) is 0 Å². The first kappa shape index (κ1) is 17.2. The second-order valence-electron chi connectivity index (χ2n) is 5.25. The highest BCUT2D eigenvalue weighted by molar-refractivity contribution is 7.14. The van der Waals surface area contributed by atoms with Gasteiger partial charge in [0.25, 0.3) is 0 Å². The fourth-order valence-electron chi connectivity index (χ4n) is 2.03. The summed E-state index contributed by atoms with van der Waals surface area (Å²) in [6.07, 6.45) is 5.75. The summed E-state index contributed by atoms with van der Waals surface area (Å²) in [5.41, 5.74) is 1.20. The topological polar surface area (TPSA) is 85.5 Å². The molecule has 0 aliphatic rings. The molecule has 6 nitrogen and oxygen atoms in total. The number of benzene rings is 1. The number of nitrogens with zero attached hydrogens (tertiary/aromatic N) is 2. The SMILES string of the molecule is O=Cc1ncc(/C=C/c2nc3ccc(OCC(CO)CF)cc3o2)s1. The molecule has 3 aromatic rings. The lowest BCUT2D eigenvalue weighted by Crippen LogP contribution is -2.17. The minimum Gasteiger partial charge on any atom is -0.493 e. The molecule has 2 aromatic heterocycles. The summed E-state index contributed by atoms with van der Waals surface area (Å²) in [6, 6.07) is 5.13. The molecule has 0 saturated heterocycles. The van der Waals surface area contributed by atoms with Crippen LogP contribution in [0.5, 0.6) is 5.75 Å². The lowest BCUT2D eigenvalue weighted by Gasteiger charge is -2.11. The largest absolute Gasteiger partial charge is 0.493 e. The number of aliphatic hydroxyl groups excluding tert-OH is 1. The lowest BCUT2D eigenvalue weighted by atomic mass is 10.2. The molecule has 0 radical (unpaired) electrons. The van der Waals surface area contributed by atoms with Crippen molar-refractivity contribution in [2.45, 2.75) is 0 Å². The zero-order valence-electron chi connectivity index (χ0n) is 13.1. The van der Waals surface area contributed by atoms with Crippen molar-refractivity contribution in [3.8, 4) is 5.75 Å². The molecule has 0 fully saturated rings. The Balaban J connectivity index is 1.72. The van der Waals surface area contributed by atoms with Crippen LogP contribution in [0.4, 0.5) is 4.39 Å². The summed E-state index contributed by atoms with van der Waals surface area (Å²) in [5, 5.41) is 9.38. The van der Waals surface area contributed by atoms with Crippen molar-refractivity contribution in [1.82, 2.24) is 9.97 Å². The van der Waals surface area contributed by atoms with Gasteiger partial charge in [0.05, 0.1) is 19.9 Å². The number of aliphatic hydroxyl groups is 1. The van der Waals surface area contributed by atoms with Gasteiger partial charge in [-0.1, -0.05) is 0 Å². The Morgan fingerprint density at radius 1 is 1.40 bits per heavy atom. The van der Waals surface area contributed by atoms with Gasteiger partial charge < -0.3 is 14.3 Å². The van der Waals surface area contributed by atoms with Gasteiger partial charge in [0.15, 0.2) is 16.9 Å². The number of hydrogen-bond donors (Lipinski definition) is 1. The predicted molar refractivity (Wildman–Crippen MR) is 92.5 cm³/mol. The highest BCUT2D eigenvalue weighted by atomic mass is 32.1. The lowest BCUT2D eigenvalue weighted by molar-refractivity contribution is 0.112. The number of thiazole rings is 1. The van der Waals surface area contributed by atoms with Crippen molar-refractivity contribution in [2.24, 2.45) is 5.92 Å². The third-order valence-corrected chi connectivity index (χ3v) is 4.26. The van der Waals surface area contributed by atoms with Gasteiger partial charge in [-0.05, 0) is 18.2 Å². The van der Waals surface area contributed by atoms with E-state index in [0.717, 1.165) is 4.88 Å². The van der Waals surface area contributed by atoms with E-state index in [-0.39, 0.29) is 13.2 Å². The van der Waals surface area contributed by atoms with Gasteiger partial charge in [-0.15, -0.1) is 11.3 Å². The number of aromatic nitrogens is 2.